The summed E-state index contributed by atoms with van der Waals surface area (Å²) in [6.45, 7) is 7.68. The monoisotopic (exact) mass is 356 g/mol. The van der Waals surface area contributed by atoms with Gasteiger partial charge in [-0.3, -0.25) is 9.36 Å². The van der Waals surface area contributed by atoms with Gasteiger partial charge in [0.25, 0.3) is 5.56 Å². The first-order chi connectivity index (χ1) is 11.9. The molecule has 130 valence electrons. The van der Waals surface area contributed by atoms with Crippen molar-refractivity contribution in [2.45, 2.75) is 33.7 Å². The highest BCUT2D eigenvalue weighted by molar-refractivity contribution is 7.19. The van der Waals surface area contributed by atoms with Crippen LogP contribution in [0.1, 0.15) is 30.3 Å². The average Bonchev–Trinajstić information content (AvgIpc) is 2.92. The van der Waals surface area contributed by atoms with E-state index in [2.05, 4.69) is 4.98 Å². The van der Waals surface area contributed by atoms with Gasteiger partial charge in [0.15, 0.2) is 0 Å². The van der Waals surface area contributed by atoms with Crippen molar-refractivity contribution in [3.63, 3.8) is 0 Å². The van der Waals surface area contributed by atoms with Gasteiger partial charge < -0.3 is 4.74 Å². The topological polar surface area (TPSA) is 61.2 Å². The summed E-state index contributed by atoms with van der Waals surface area (Å²) in [5.74, 6) is -0.436. The fraction of sp³-hybridized carbons (Fsp3) is 0.316. The number of ether oxygens (including phenoxy) is 1. The number of esters is 1. The normalized spacial score (nSPS) is 12.3. The van der Waals surface area contributed by atoms with E-state index in [9.17, 15) is 9.59 Å². The molecule has 6 heteroatoms. The Morgan fingerprint density at radius 1 is 1.28 bits per heavy atom. The van der Waals surface area contributed by atoms with E-state index >= 15 is 0 Å². The maximum Gasteiger partial charge on any atom is 0.328 e. The van der Waals surface area contributed by atoms with Gasteiger partial charge in [-0.15, -0.1) is 11.3 Å². The number of aromatic nitrogens is 2. The quantitative estimate of drug-likeness (QED) is 0.666. The molecule has 1 aromatic carbocycles. The molecule has 2 heterocycles. The van der Waals surface area contributed by atoms with Gasteiger partial charge in [0, 0.05) is 10.4 Å². The minimum atomic E-state index is -0.713. The van der Waals surface area contributed by atoms with E-state index in [1.165, 1.54) is 22.2 Å². The van der Waals surface area contributed by atoms with E-state index in [4.69, 9.17) is 4.74 Å². The molecule has 0 aliphatic rings. The van der Waals surface area contributed by atoms with E-state index in [1.807, 2.05) is 38.1 Å². The predicted octanol–water partition coefficient (Wildman–Crippen LogP) is 3.87. The fourth-order valence-corrected chi connectivity index (χ4v) is 3.84. The number of hydrogen-bond donors (Lipinski definition) is 0. The third kappa shape index (κ3) is 3.09. The number of nitrogens with zero attached hydrogens (tertiary/aromatic N) is 2. The lowest BCUT2D eigenvalue weighted by Crippen LogP contribution is -2.29. The molecule has 0 saturated carbocycles. The molecule has 0 N–H and O–H groups in total. The van der Waals surface area contributed by atoms with E-state index in [-0.39, 0.29) is 12.2 Å². The molecule has 0 spiro atoms. The maximum absolute atomic E-state index is 13.1. The third-order valence-electron chi connectivity index (χ3n) is 4.20. The van der Waals surface area contributed by atoms with Gasteiger partial charge >= 0.3 is 5.97 Å². The lowest BCUT2D eigenvalue weighted by atomic mass is 10.0. The van der Waals surface area contributed by atoms with E-state index in [0.717, 1.165) is 21.6 Å². The van der Waals surface area contributed by atoms with Crippen LogP contribution < -0.4 is 5.56 Å². The summed E-state index contributed by atoms with van der Waals surface area (Å²) in [5, 5.41) is 0.560. The number of rotatable bonds is 4. The van der Waals surface area contributed by atoms with Crippen LogP contribution in [0.25, 0.3) is 21.3 Å². The Hall–Kier alpha value is -2.47. The Labute approximate surface area is 149 Å². The first-order valence-corrected chi connectivity index (χ1v) is 8.99. The van der Waals surface area contributed by atoms with Crippen molar-refractivity contribution >= 4 is 27.5 Å². The number of thiophene rings is 1. The molecule has 25 heavy (non-hydrogen) atoms. The van der Waals surface area contributed by atoms with Crippen molar-refractivity contribution in [1.82, 2.24) is 9.55 Å². The Balaban J connectivity index is 2.21. The second-order valence-electron chi connectivity index (χ2n) is 5.96. The third-order valence-corrected chi connectivity index (χ3v) is 5.21. The Morgan fingerprint density at radius 3 is 2.60 bits per heavy atom. The minimum absolute atomic E-state index is 0.217. The fourth-order valence-electron chi connectivity index (χ4n) is 2.84. The molecule has 0 fully saturated rings. The van der Waals surface area contributed by atoms with Crippen LogP contribution in [0.4, 0.5) is 0 Å². The van der Waals surface area contributed by atoms with Crippen molar-refractivity contribution in [3.8, 4) is 11.1 Å². The van der Waals surface area contributed by atoms with Crippen LogP contribution in [0.2, 0.25) is 0 Å². The van der Waals surface area contributed by atoms with Crippen LogP contribution in [0.15, 0.2) is 35.4 Å². The van der Waals surface area contributed by atoms with Gasteiger partial charge in [0.1, 0.15) is 10.9 Å². The second-order valence-corrected chi connectivity index (χ2v) is 7.17. The maximum atomic E-state index is 13.1. The van der Waals surface area contributed by atoms with E-state index in [0.29, 0.717) is 10.2 Å². The molecule has 0 aliphatic carbocycles. The molecule has 0 saturated heterocycles. The molecule has 0 amide bonds. The highest BCUT2D eigenvalue weighted by atomic mass is 32.1. The lowest BCUT2D eigenvalue weighted by molar-refractivity contribution is -0.146. The second kappa shape index (κ2) is 6.80. The number of fused-ring (bicyclic) bond motifs is 1. The molecule has 2 aromatic heterocycles. The first kappa shape index (κ1) is 17.4. The number of benzene rings is 1. The molecule has 0 aliphatic heterocycles. The standard InChI is InChI=1S/C19H20N2O3S/c1-5-24-19(23)12(3)21-10-20-17-16(18(21)22)15(13(4)25-17)14-8-6-11(2)7-9-14/h6-10,12H,5H2,1-4H3/t12-/m1/s1. The molecule has 3 aromatic rings. The van der Waals surface area contributed by atoms with Gasteiger partial charge in [-0.2, -0.15) is 0 Å². The van der Waals surface area contributed by atoms with Crippen LogP contribution in [0, 0.1) is 13.8 Å². The zero-order valence-electron chi connectivity index (χ0n) is 14.7. The summed E-state index contributed by atoms with van der Waals surface area (Å²) in [6.07, 6.45) is 1.43. The van der Waals surface area contributed by atoms with Crippen molar-refractivity contribution in [2.75, 3.05) is 6.61 Å². The van der Waals surface area contributed by atoms with E-state index < -0.39 is 12.0 Å². The zero-order chi connectivity index (χ0) is 18.1. The van der Waals surface area contributed by atoms with Crippen molar-refractivity contribution < 1.29 is 9.53 Å². The number of aryl methyl sites for hydroxylation is 2. The first-order valence-electron chi connectivity index (χ1n) is 8.18. The number of carbonyl (C=O) groups is 1. The molecular weight excluding hydrogens is 336 g/mol. The van der Waals surface area contributed by atoms with Crippen LogP contribution in [0.5, 0.6) is 0 Å². The summed E-state index contributed by atoms with van der Waals surface area (Å²) in [4.78, 5) is 31.2. The van der Waals surface area contributed by atoms with Crippen LogP contribution in [-0.4, -0.2) is 22.1 Å². The van der Waals surface area contributed by atoms with Gasteiger partial charge in [-0.25, -0.2) is 9.78 Å². The highest BCUT2D eigenvalue weighted by Crippen LogP contribution is 2.35. The smallest absolute Gasteiger partial charge is 0.328 e. The largest absolute Gasteiger partial charge is 0.464 e. The summed E-state index contributed by atoms with van der Waals surface area (Å²) in [6, 6.07) is 7.35. The minimum Gasteiger partial charge on any atom is -0.464 e. The van der Waals surface area contributed by atoms with Gasteiger partial charge in [-0.05, 0) is 33.3 Å². The van der Waals surface area contributed by atoms with Gasteiger partial charge in [0.05, 0.1) is 18.3 Å². The SMILES string of the molecule is CCOC(=O)[C@@H](C)n1cnc2sc(C)c(-c3ccc(C)cc3)c2c1=O. The van der Waals surface area contributed by atoms with Crippen molar-refractivity contribution in [2.24, 2.45) is 0 Å². The molecule has 0 radical (unpaired) electrons. The zero-order valence-corrected chi connectivity index (χ0v) is 15.5. The molecule has 5 nitrogen and oxygen atoms in total. The summed E-state index contributed by atoms with van der Waals surface area (Å²) < 4.78 is 6.39. The lowest BCUT2D eigenvalue weighted by Gasteiger charge is -2.13. The Morgan fingerprint density at radius 2 is 1.96 bits per heavy atom. The summed E-state index contributed by atoms with van der Waals surface area (Å²) in [5.41, 5.74) is 2.82. The highest BCUT2D eigenvalue weighted by Gasteiger charge is 2.22. The predicted molar refractivity (Wildman–Crippen MR) is 100 cm³/mol. The molecule has 3 rings (SSSR count). The number of hydrogen-bond acceptors (Lipinski definition) is 5. The average molecular weight is 356 g/mol. The van der Waals surface area contributed by atoms with Crippen LogP contribution >= 0.6 is 11.3 Å². The van der Waals surface area contributed by atoms with Gasteiger partial charge in [0.2, 0.25) is 0 Å². The Bertz CT molecular complexity index is 986. The van der Waals surface area contributed by atoms with Crippen molar-refractivity contribution in [3.05, 3.63) is 51.4 Å². The van der Waals surface area contributed by atoms with Crippen LogP contribution in [-0.2, 0) is 9.53 Å². The van der Waals surface area contributed by atoms with Crippen molar-refractivity contribution in [1.29, 1.82) is 0 Å². The molecule has 0 unspecified atom stereocenters. The summed E-state index contributed by atoms with van der Waals surface area (Å²) in [7, 11) is 0. The molecular formula is C19H20N2O3S. The molecule has 1 atom stereocenters. The van der Waals surface area contributed by atoms with Crippen LogP contribution in [0.3, 0.4) is 0 Å². The molecule has 0 bridgehead atoms. The van der Waals surface area contributed by atoms with E-state index in [1.54, 1.807) is 13.8 Å². The van der Waals surface area contributed by atoms with Gasteiger partial charge in [-0.1, -0.05) is 29.8 Å². The number of carbonyl (C=O) groups excluding carboxylic acids is 1. The Kier molecular flexibility index (Phi) is 4.72. The summed E-state index contributed by atoms with van der Waals surface area (Å²) >= 11 is 1.49.